The number of anilines is 1. The van der Waals surface area contributed by atoms with Gasteiger partial charge in [-0.05, 0) is 31.9 Å². The van der Waals surface area contributed by atoms with Crippen LogP contribution in [0.1, 0.15) is 25.3 Å². The molecule has 2 unspecified atom stereocenters. The summed E-state index contributed by atoms with van der Waals surface area (Å²) in [6.07, 6.45) is -1.90. The molecule has 1 aromatic rings. The second-order valence-electron chi connectivity index (χ2n) is 5.14. The van der Waals surface area contributed by atoms with E-state index in [4.69, 9.17) is 5.73 Å². The highest BCUT2D eigenvalue weighted by molar-refractivity contribution is 5.59. The normalized spacial score (nSPS) is 22.6. The number of rotatable bonds is 4. The van der Waals surface area contributed by atoms with Gasteiger partial charge in [-0.15, -0.1) is 0 Å². The number of halogens is 2. The van der Waals surface area contributed by atoms with E-state index < -0.39 is 11.3 Å². The highest BCUT2D eigenvalue weighted by Gasteiger charge is 2.31. The van der Waals surface area contributed by atoms with Crippen molar-refractivity contribution >= 4 is 11.4 Å². The minimum atomic E-state index is -2.74. The Morgan fingerprint density at radius 3 is 2.75 bits per heavy atom. The summed E-state index contributed by atoms with van der Waals surface area (Å²) in [6, 6.07) is 3.74. The first kappa shape index (κ1) is 14.6. The van der Waals surface area contributed by atoms with Crippen molar-refractivity contribution < 1.29 is 13.7 Å². The van der Waals surface area contributed by atoms with Gasteiger partial charge >= 0.3 is 0 Å². The van der Waals surface area contributed by atoms with Gasteiger partial charge in [-0.2, -0.15) is 0 Å². The lowest BCUT2D eigenvalue weighted by molar-refractivity contribution is -0.385. The molecule has 20 heavy (non-hydrogen) atoms. The average molecular weight is 285 g/mol. The average Bonchev–Trinajstić information content (AvgIpc) is 2.79. The summed E-state index contributed by atoms with van der Waals surface area (Å²) in [4.78, 5) is 11.9. The zero-order valence-corrected chi connectivity index (χ0v) is 11.1. The molecule has 110 valence electrons. The van der Waals surface area contributed by atoms with Crippen molar-refractivity contribution in [2.75, 3.05) is 18.0 Å². The van der Waals surface area contributed by atoms with E-state index in [0.29, 0.717) is 18.8 Å². The van der Waals surface area contributed by atoms with E-state index in [-0.39, 0.29) is 23.2 Å². The van der Waals surface area contributed by atoms with Crippen molar-refractivity contribution in [2.45, 2.75) is 25.8 Å². The van der Waals surface area contributed by atoms with Crippen LogP contribution in [0.5, 0.6) is 0 Å². The van der Waals surface area contributed by atoms with E-state index >= 15 is 0 Å². The van der Waals surface area contributed by atoms with Crippen molar-refractivity contribution in [1.29, 1.82) is 0 Å². The number of nitro groups is 1. The molecule has 2 N–H and O–H groups in total. The van der Waals surface area contributed by atoms with Crippen LogP contribution < -0.4 is 10.6 Å². The van der Waals surface area contributed by atoms with Crippen LogP contribution in [-0.4, -0.2) is 24.1 Å². The summed E-state index contributed by atoms with van der Waals surface area (Å²) in [5.41, 5.74) is 5.40. The first-order valence-corrected chi connectivity index (χ1v) is 6.47. The van der Waals surface area contributed by atoms with Crippen molar-refractivity contribution in [2.24, 2.45) is 11.7 Å². The Labute approximate surface area is 115 Å². The smallest absolute Gasteiger partial charge is 0.270 e. The van der Waals surface area contributed by atoms with Gasteiger partial charge < -0.3 is 10.6 Å². The summed E-state index contributed by atoms with van der Waals surface area (Å²) in [5.74, 6) is 0.269. The van der Waals surface area contributed by atoms with Crippen LogP contribution >= 0.6 is 0 Å². The summed E-state index contributed by atoms with van der Waals surface area (Å²) < 4.78 is 26.3. The number of alkyl halides is 2. The maximum Gasteiger partial charge on any atom is 0.270 e. The minimum Gasteiger partial charge on any atom is -0.368 e. The van der Waals surface area contributed by atoms with Gasteiger partial charge in [-0.3, -0.25) is 10.1 Å². The number of nitro benzene ring substituents is 1. The van der Waals surface area contributed by atoms with Crippen molar-refractivity contribution in [3.63, 3.8) is 0 Å². The molecule has 1 aromatic carbocycles. The van der Waals surface area contributed by atoms with Crippen LogP contribution in [0.3, 0.4) is 0 Å². The highest BCUT2D eigenvalue weighted by atomic mass is 19.3. The first-order chi connectivity index (χ1) is 9.43. The lowest BCUT2D eigenvalue weighted by Gasteiger charge is -2.26. The Morgan fingerprint density at radius 1 is 1.55 bits per heavy atom. The quantitative estimate of drug-likeness (QED) is 0.682. The minimum absolute atomic E-state index is 0.0995. The lowest BCUT2D eigenvalue weighted by Crippen LogP contribution is -2.28. The van der Waals surface area contributed by atoms with Crippen molar-refractivity contribution in [1.82, 2.24) is 0 Å². The number of hydrogen-bond acceptors (Lipinski definition) is 4. The largest absolute Gasteiger partial charge is 0.368 e. The van der Waals surface area contributed by atoms with Gasteiger partial charge in [0, 0.05) is 36.0 Å². The Balaban J connectivity index is 2.38. The molecule has 0 radical (unpaired) electrons. The Hall–Kier alpha value is -1.76. The molecule has 0 saturated carbocycles. The summed E-state index contributed by atoms with van der Waals surface area (Å²) in [7, 11) is 0. The summed E-state index contributed by atoms with van der Waals surface area (Å²) in [5, 5.41) is 10.7. The van der Waals surface area contributed by atoms with Gasteiger partial charge in [0.05, 0.1) is 4.92 Å². The lowest BCUT2D eigenvalue weighted by atomic mass is 10.1. The van der Waals surface area contributed by atoms with E-state index in [1.165, 1.54) is 12.1 Å². The third-order valence-corrected chi connectivity index (χ3v) is 3.76. The van der Waals surface area contributed by atoms with Crippen LogP contribution in [0.2, 0.25) is 0 Å². The molecule has 2 rings (SSSR count). The van der Waals surface area contributed by atoms with Crippen LogP contribution in [0, 0.1) is 16.0 Å². The van der Waals surface area contributed by atoms with E-state index in [9.17, 15) is 18.9 Å². The molecule has 0 aromatic heterocycles. The van der Waals surface area contributed by atoms with Crippen molar-refractivity contribution in [3.8, 4) is 0 Å². The van der Waals surface area contributed by atoms with Crippen molar-refractivity contribution in [3.05, 3.63) is 33.9 Å². The topological polar surface area (TPSA) is 72.4 Å². The van der Waals surface area contributed by atoms with E-state index in [1.54, 1.807) is 0 Å². The number of nitrogens with two attached hydrogens (primary N) is 1. The van der Waals surface area contributed by atoms with E-state index in [0.717, 1.165) is 12.5 Å². The fourth-order valence-electron chi connectivity index (χ4n) is 2.74. The zero-order valence-electron chi connectivity index (χ0n) is 11.1. The van der Waals surface area contributed by atoms with E-state index in [2.05, 4.69) is 0 Å². The Kier molecular flexibility index (Phi) is 4.17. The monoisotopic (exact) mass is 285 g/mol. The predicted octanol–water partition coefficient (Wildman–Crippen LogP) is 2.71. The molecule has 0 aliphatic carbocycles. The number of benzene rings is 1. The molecular weight excluding hydrogens is 268 g/mol. The fourth-order valence-corrected chi connectivity index (χ4v) is 2.74. The molecule has 1 fully saturated rings. The Bertz CT molecular complexity index is 510. The van der Waals surface area contributed by atoms with Crippen LogP contribution in [-0.2, 0) is 0 Å². The molecule has 7 heteroatoms. The standard InChI is InChI=1S/C13H17F2N3O2/c1-8-4-9(6-16)7-17(8)12-3-2-10(18(19)20)5-11(12)13(14)15/h2-3,5,8-9,13H,4,6-7,16H2,1H3. The van der Waals surface area contributed by atoms with Crippen LogP contribution in [0.4, 0.5) is 20.2 Å². The molecule has 1 heterocycles. The Morgan fingerprint density at radius 2 is 2.25 bits per heavy atom. The second-order valence-corrected chi connectivity index (χ2v) is 5.14. The van der Waals surface area contributed by atoms with Gasteiger partial charge in [0.1, 0.15) is 0 Å². The number of non-ortho nitro benzene ring substituents is 1. The molecule has 1 aliphatic heterocycles. The second kappa shape index (κ2) is 5.70. The summed E-state index contributed by atoms with van der Waals surface area (Å²) in [6.45, 7) is 3.07. The highest BCUT2D eigenvalue weighted by Crippen LogP contribution is 2.37. The van der Waals surface area contributed by atoms with Crippen LogP contribution in [0.15, 0.2) is 18.2 Å². The van der Waals surface area contributed by atoms with E-state index in [1.807, 2.05) is 11.8 Å². The van der Waals surface area contributed by atoms with Gasteiger partial charge in [-0.25, -0.2) is 8.78 Å². The van der Waals surface area contributed by atoms with Crippen LogP contribution in [0.25, 0.3) is 0 Å². The third-order valence-electron chi connectivity index (χ3n) is 3.76. The zero-order chi connectivity index (χ0) is 14.9. The van der Waals surface area contributed by atoms with Gasteiger partial charge in [0.25, 0.3) is 12.1 Å². The molecular formula is C13H17F2N3O2. The molecule has 1 aliphatic rings. The molecule has 2 atom stereocenters. The molecule has 0 spiro atoms. The predicted molar refractivity (Wildman–Crippen MR) is 72.0 cm³/mol. The SMILES string of the molecule is CC1CC(CN)CN1c1ccc([N+](=O)[O-])cc1C(F)F. The first-order valence-electron chi connectivity index (χ1n) is 6.47. The fraction of sp³-hybridized carbons (Fsp3) is 0.538. The molecule has 1 saturated heterocycles. The van der Waals surface area contributed by atoms with Gasteiger partial charge in [0.2, 0.25) is 0 Å². The van der Waals surface area contributed by atoms with Gasteiger partial charge in [0.15, 0.2) is 0 Å². The molecule has 0 amide bonds. The van der Waals surface area contributed by atoms with Gasteiger partial charge in [-0.1, -0.05) is 0 Å². The maximum absolute atomic E-state index is 13.2. The number of hydrogen-bond donors (Lipinski definition) is 1. The summed E-state index contributed by atoms with van der Waals surface area (Å²) >= 11 is 0. The number of nitrogens with zero attached hydrogens (tertiary/aromatic N) is 2. The molecule has 0 bridgehead atoms. The maximum atomic E-state index is 13.2. The third kappa shape index (κ3) is 2.72. The molecule has 5 nitrogen and oxygen atoms in total.